The molecule has 3 rings (SSSR count). The molecule has 2 aromatic carbocycles. The number of amides is 1. The number of benzene rings is 2. The van der Waals surface area contributed by atoms with Gasteiger partial charge in [0.05, 0.1) is 22.6 Å². The number of rotatable bonds is 6. The van der Waals surface area contributed by atoms with Crippen LogP contribution < -0.4 is 10.6 Å². The lowest BCUT2D eigenvalue weighted by Gasteiger charge is -2.35. The summed E-state index contributed by atoms with van der Waals surface area (Å²) in [4.78, 5) is 37.5. The van der Waals surface area contributed by atoms with E-state index in [-0.39, 0.29) is 22.4 Å². The van der Waals surface area contributed by atoms with Crippen LogP contribution >= 0.6 is 23.8 Å². The van der Waals surface area contributed by atoms with E-state index in [1.54, 1.807) is 57.0 Å². The number of carbonyl (C=O) groups is 2. The van der Waals surface area contributed by atoms with E-state index >= 15 is 0 Å². The number of halogens is 1. The average Bonchev–Trinajstić information content (AvgIpc) is 2.77. The van der Waals surface area contributed by atoms with Crippen LogP contribution in [0.4, 0.5) is 11.4 Å². The largest absolute Gasteiger partial charge is 0.459 e. The molecule has 34 heavy (non-hydrogen) atoms. The van der Waals surface area contributed by atoms with Crippen LogP contribution in [-0.2, 0) is 9.53 Å². The summed E-state index contributed by atoms with van der Waals surface area (Å²) in [6.07, 6.45) is -0.283. The van der Waals surface area contributed by atoms with Gasteiger partial charge in [-0.25, -0.2) is 4.79 Å². The number of nitrogens with one attached hydrogen (secondary N) is 2. The molecular formula is C23H23ClN4O5S. The van der Waals surface area contributed by atoms with Gasteiger partial charge >= 0.3 is 5.97 Å². The van der Waals surface area contributed by atoms with Crippen LogP contribution in [0, 0.1) is 10.1 Å². The number of thiocarbonyl (C=S) groups is 1. The first kappa shape index (κ1) is 25.1. The van der Waals surface area contributed by atoms with Gasteiger partial charge < -0.3 is 20.3 Å². The van der Waals surface area contributed by atoms with Gasteiger partial charge in [0.25, 0.3) is 11.6 Å². The molecule has 2 N–H and O–H groups in total. The number of hydrogen-bond donors (Lipinski definition) is 2. The molecule has 0 fully saturated rings. The molecule has 0 radical (unpaired) electrons. The Morgan fingerprint density at radius 1 is 1.24 bits per heavy atom. The van der Waals surface area contributed by atoms with E-state index in [4.69, 9.17) is 28.6 Å². The maximum Gasteiger partial charge on any atom is 0.338 e. The zero-order chi connectivity index (χ0) is 25.2. The van der Waals surface area contributed by atoms with Crippen molar-refractivity contribution < 1.29 is 19.2 Å². The summed E-state index contributed by atoms with van der Waals surface area (Å²) in [6, 6.07) is 10.1. The van der Waals surface area contributed by atoms with Crippen molar-refractivity contribution in [3.8, 4) is 0 Å². The van der Waals surface area contributed by atoms with E-state index in [0.29, 0.717) is 22.1 Å². The highest BCUT2D eigenvalue weighted by atomic mass is 35.5. The van der Waals surface area contributed by atoms with Gasteiger partial charge in [-0.15, -0.1) is 0 Å². The van der Waals surface area contributed by atoms with Gasteiger partial charge in [-0.1, -0.05) is 23.7 Å². The van der Waals surface area contributed by atoms with E-state index in [1.807, 2.05) is 0 Å². The van der Waals surface area contributed by atoms with Crippen LogP contribution in [0.15, 0.2) is 53.7 Å². The van der Waals surface area contributed by atoms with Gasteiger partial charge in [0, 0.05) is 30.1 Å². The monoisotopic (exact) mass is 502 g/mol. The number of ether oxygens (including phenoxy) is 1. The molecule has 1 unspecified atom stereocenters. The first-order chi connectivity index (χ1) is 16.0. The maximum absolute atomic E-state index is 12.8. The SMILES string of the molecule is CC1=C(C(=O)OC(C)C)C(c2ccc(NC(=O)c3ccc(Cl)c([N+](=O)[O-])c3)cc2)NC(=S)N1C. The highest BCUT2D eigenvalue weighted by Crippen LogP contribution is 2.32. The molecule has 178 valence electrons. The molecule has 2 aromatic rings. The minimum absolute atomic E-state index is 0.0513. The van der Waals surface area contributed by atoms with Crippen molar-refractivity contribution in [1.29, 1.82) is 0 Å². The molecule has 9 nitrogen and oxygen atoms in total. The number of nitrogens with zero attached hydrogens (tertiary/aromatic N) is 2. The van der Waals surface area contributed by atoms with Crippen LogP contribution in [-0.4, -0.2) is 40.0 Å². The average molecular weight is 503 g/mol. The first-order valence-electron chi connectivity index (χ1n) is 10.3. The second-order valence-electron chi connectivity index (χ2n) is 7.89. The third-order valence-corrected chi connectivity index (χ3v) is 5.93. The number of allylic oxidation sites excluding steroid dienone is 1. The Labute approximate surface area is 206 Å². The van der Waals surface area contributed by atoms with Crippen LogP contribution in [0.25, 0.3) is 0 Å². The predicted molar refractivity (Wildman–Crippen MR) is 133 cm³/mol. The molecule has 1 aliphatic rings. The predicted octanol–water partition coefficient (Wildman–Crippen LogP) is 4.59. The molecule has 1 amide bonds. The van der Waals surface area contributed by atoms with E-state index < -0.39 is 22.8 Å². The molecule has 0 bridgehead atoms. The number of esters is 1. The fourth-order valence-corrected chi connectivity index (χ4v) is 3.82. The molecule has 0 aromatic heterocycles. The van der Waals surface area contributed by atoms with Crippen LogP contribution in [0.1, 0.15) is 42.7 Å². The Balaban J connectivity index is 1.84. The van der Waals surface area contributed by atoms with Gasteiger partial charge in [0.15, 0.2) is 5.11 Å². The van der Waals surface area contributed by atoms with Gasteiger partial charge in [0.2, 0.25) is 0 Å². The number of carbonyl (C=O) groups excluding carboxylic acids is 2. The molecular weight excluding hydrogens is 480 g/mol. The lowest BCUT2D eigenvalue weighted by atomic mass is 9.95. The third kappa shape index (κ3) is 5.35. The van der Waals surface area contributed by atoms with E-state index in [1.165, 1.54) is 12.1 Å². The molecule has 0 spiro atoms. The maximum atomic E-state index is 12.8. The van der Waals surface area contributed by atoms with E-state index in [2.05, 4.69) is 10.6 Å². The molecule has 0 aliphatic carbocycles. The topological polar surface area (TPSA) is 114 Å². The van der Waals surface area contributed by atoms with Crippen molar-refractivity contribution >= 4 is 52.2 Å². The van der Waals surface area contributed by atoms with Crippen LogP contribution in [0.5, 0.6) is 0 Å². The summed E-state index contributed by atoms with van der Waals surface area (Å²) in [6.45, 7) is 5.36. The molecule has 1 atom stereocenters. The van der Waals surface area contributed by atoms with Crippen LogP contribution in [0.2, 0.25) is 5.02 Å². The van der Waals surface area contributed by atoms with E-state index in [0.717, 1.165) is 11.6 Å². The number of hydrogen-bond acceptors (Lipinski definition) is 6. The Morgan fingerprint density at radius 3 is 2.47 bits per heavy atom. The van der Waals surface area contributed by atoms with Crippen molar-refractivity contribution in [2.45, 2.75) is 32.9 Å². The highest BCUT2D eigenvalue weighted by Gasteiger charge is 2.33. The summed E-state index contributed by atoms with van der Waals surface area (Å²) < 4.78 is 5.43. The zero-order valence-electron chi connectivity index (χ0n) is 18.9. The molecule has 0 saturated carbocycles. The first-order valence-corrected chi connectivity index (χ1v) is 11.1. The molecule has 1 aliphatic heterocycles. The fraction of sp³-hybridized carbons (Fsp3) is 0.261. The Kier molecular flexibility index (Phi) is 7.53. The number of anilines is 1. The fourth-order valence-electron chi connectivity index (χ4n) is 3.38. The van der Waals surface area contributed by atoms with Crippen molar-refractivity contribution in [1.82, 2.24) is 10.2 Å². The Bertz CT molecular complexity index is 1200. The zero-order valence-corrected chi connectivity index (χ0v) is 20.5. The standard InChI is InChI=1S/C23H23ClN4O5S/c1-12(2)33-22(30)19-13(3)27(4)23(34)26-20(19)14-5-8-16(9-6-14)25-21(29)15-7-10-17(24)18(11-15)28(31)32/h5-12,20H,1-4H3,(H,25,29)(H,26,34). The highest BCUT2D eigenvalue weighted by molar-refractivity contribution is 7.80. The van der Waals surface area contributed by atoms with Crippen molar-refractivity contribution in [2.75, 3.05) is 12.4 Å². The number of nitro benzene ring substituents is 1. The summed E-state index contributed by atoms with van der Waals surface area (Å²) in [5.41, 5.74) is 2.08. The minimum atomic E-state index is -0.648. The van der Waals surface area contributed by atoms with Gasteiger partial charge in [-0.2, -0.15) is 0 Å². The third-order valence-electron chi connectivity index (χ3n) is 5.22. The lowest BCUT2D eigenvalue weighted by molar-refractivity contribution is -0.384. The van der Waals surface area contributed by atoms with Crippen LogP contribution in [0.3, 0.4) is 0 Å². The smallest absolute Gasteiger partial charge is 0.338 e. The summed E-state index contributed by atoms with van der Waals surface area (Å²) in [7, 11) is 1.77. The van der Waals surface area contributed by atoms with E-state index in [9.17, 15) is 19.7 Å². The summed E-state index contributed by atoms with van der Waals surface area (Å²) >= 11 is 11.2. The van der Waals surface area contributed by atoms with Gasteiger partial charge in [0.1, 0.15) is 5.02 Å². The van der Waals surface area contributed by atoms with Crippen molar-refractivity contribution in [3.63, 3.8) is 0 Å². The second kappa shape index (κ2) is 10.2. The second-order valence-corrected chi connectivity index (χ2v) is 8.69. The summed E-state index contributed by atoms with van der Waals surface area (Å²) in [5, 5.41) is 17.3. The van der Waals surface area contributed by atoms with Crippen molar-refractivity contribution in [2.24, 2.45) is 0 Å². The molecule has 1 heterocycles. The summed E-state index contributed by atoms with van der Waals surface area (Å²) in [5.74, 6) is -0.968. The number of nitro groups is 1. The minimum Gasteiger partial charge on any atom is -0.459 e. The van der Waals surface area contributed by atoms with Gasteiger partial charge in [-0.05, 0) is 62.8 Å². The molecule has 0 saturated heterocycles. The van der Waals surface area contributed by atoms with Gasteiger partial charge in [-0.3, -0.25) is 14.9 Å². The van der Waals surface area contributed by atoms with Crippen molar-refractivity contribution in [3.05, 3.63) is 80.0 Å². The Morgan fingerprint density at radius 2 is 1.88 bits per heavy atom. The molecule has 11 heteroatoms. The lowest BCUT2D eigenvalue weighted by Crippen LogP contribution is -2.46. The normalized spacial score (nSPS) is 15.8. The quantitative estimate of drug-likeness (QED) is 0.255. The Hall–Kier alpha value is -3.50.